The maximum atomic E-state index is 12.1. The summed E-state index contributed by atoms with van der Waals surface area (Å²) < 4.78 is 15.9. The quantitative estimate of drug-likeness (QED) is 0.560. The fourth-order valence-corrected chi connectivity index (χ4v) is 2.87. The van der Waals surface area contributed by atoms with Gasteiger partial charge in [0.25, 0.3) is 0 Å². The van der Waals surface area contributed by atoms with E-state index in [1.165, 1.54) is 18.4 Å². The SMILES string of the molecule is CCCOc1cc(/C=C(\C(=O)OC)c2nc(C)cs2)ccc1OC. The third-order valence-corrected chi connectivity index (χ3v) is 4.21. The van der Waals surface area contributed by atoms with Crippen LogP contribution in [0.2, 0.25) is 0 Å². The molecule has 128 valence electrons. The smallest absolute Gasteiger partial charge is 0.340 e. The zero-order valence-electron chi connectivity index (χ0n) is 14.3. The summed E-state index contributed by atoms with van der Waals surface area (Å²) in [6.45, 7) is 4.52. The molecule has 0 N–H and O–H groups in total. The van der Waals surface area contributed by atoms with Crippen molar-refractivity contribution >= 4 is 29.0 Å². The van der Waals surface area contributed by atoms with E-state index in [2.05, 4.69) is 4.98 Å². The molecule has 0 saturated heterocycles. The summed E-state index contributed by atoms with van der Waals surface area (Å²) in [7, 11) is 2.96. The van der Waals surface area contributed by atoms with Gasteiger partial charge in [-0.05, 0) is 37.1 Å². The molecular formula is C18H21NO4S. The lowest BCUT2D eigenvalue weighted by atomic mass is 10.1. The lowest BCUT2D eigenvalue weighted by molar-refractivity contribution is -0.133. The molecule has 0 fully saturated rings. The van der Waals surface area contributed by atoms with Crippen LogP contribution in [0, 0.1) is 6.92 Å². The number of esters is 1. The summed E-state index contributed by atoms with van der Waals surface area (Å²) >= 11 is 1.41. The van der Waals surface area contributed by atoms with Crippen molar-refractivity contribution in [2.24, 2.45) is 0 Å². The number of rotatable bonds is 7. The molecule has 0 aliphatic heterocycles. The fraction of sp³-hybridized carbons (Fsp3) is 0.333. The van der Waals surface area contributed by atoms with Crippen molar-refractivity contribution in [2.45, 2.75) is 20.3 Å². The van der Waals surface area contributed by atoms with E-state index in [1.807, 2.05) is 37.4 Å². The number of carbonyl (C=O) groups is 1. The highest BCUT2D eigenvalue weighted by Crippen LogP contribution is 2.30. The van der Waals surface area contributed by atoms with E-state index < -0.39 is 5.97 Å². The van der Waals surface area contributed by atoms with Gasteiger partial charge in [0.1, 0.15) is 5.01 Å². The highest BCUT2D eigenvalue weighted by Gasteiger charge is 2.16. The Balaban J connectivity index is 2.43. The van der Waals surface area contributed by atoms with Gasteiger partial charge in [-0.3, -0.25) is 0 Å². The van der Waals surface area contributed by atoms with Gasteiger partial charge in [0.05, 0.1) is 26.4 Å². The number of benzene rings is 1. The number of thiazole rings is 1. The Labute approximate surface area is 145 Å². The number of nitrogens with zero attached hydrogens (tertiary/aromatic N) is 1. The summed E-state index contributed by atoms with van der Waals surface area (Å²) in [5.41, 5.74) is 2.10. The second-order valence-electron chi connectivity index (χ2n) is 5.10. The lowest BCUT2D eigenvalue weighted by Gasteiger charge is -2.11. The maximum absolute atomic E-state index is 12.1. The minimum absolute atomic E-state index is 0.419. The van der Waals surface area contributed by atoms with Crippen molar-refractivity contribution in [3.05, 3.63) is 39.8 Å². The highest BCUT2D eigenvalue weighted by atomic mass is 32.1. The number of carbonyl (C=O) groups excluding carboxylic acids is 1. The van der Waals surface area contributed by atoms with Crippen molar-refractivity contribution < 1.29 is 19.0 Å². The molecule has 6 heteroatoms. The molecule has 0 bridgehead atoms. The minimum atomic E-state index is -0.420. The molecule has 1 heterocycles. The van der Waals surface area contributed by atoms with Gasteiger partial charge in [0.2, 0.25) is 0 Å². The average molecular weight is 347 g/mol. The van der Waals surface area contributed by atoms with Crippen LogP contribution in [0.5, 0.6) is 11.5 Å². The van der Waals surface area contributed by atoms with E-state index in [0.29, 0.717) is 28.7 Å². The lowest BCUT2D eigenvalue weighted by Crippen LogP contribution is -2.04. The van der Waals surface area contributed by atoms with Crippen molar-refractivity contribution in [1.82, 2.24) is 4.98 Å². The Morgan fingerprint density at radius 2 is 2.08 bits per heavy atom. The van der Waals surface area contributed by atoms with E-state index >= 15 is 0 Å². The normalized spacial score (nSPS) is 11.2. The number of methoxy groups -OCH3 is 2. The van der Waals surface area contributed by atoms with Gasteiger partial charge in [-0.2, -0.15) is 0 Å². The summed E-state index contributed by atoms with van der Waals surface area (Å²) in [6, 6.07) is 5.53. The van der Waals surface area contributed by atoms with Crippen LogP contribution in [0.4, 0.5) is 0 Å². The molecule has 0 aliphatic carbocycles. The molecule has 0 amide bonds. The van der Waals surface area contributed by atoms with Crippen molar-refractivity contribution in [3.8, 4) is 11.5 Å². The van der Waals surface area contributed by atoms with Crippen LogP contribution < -0.4 is 9.47 Å². The summed E-state index contributed by atoms with van der Waals surface area (Å²) in [6.07, 6.45) is 2.65. The van der Waals surface area contributed by atoms with Gasteiger partial charge >= 0.3 is 5.97 Å². The predicted octanol–water partition coefficient (Wildman–Crippen LogP) is 3.96. The Morgan fingerprint density at radius 1 is 1.29 bits per heavy atom. The van der Waals surface area contributed by atoms with Gasteiger partial charge < -0.3 is 14.2 Å². The minimum Gasteiger partial charge on any atom is -0.493 e. The van der Waals surface area contributed by atoms with E-state index in [4.69, 9.17) is 14.2 Å². The summed E-state index contributed by atoms with van der Waals surface area (Å²) in [5, 5.41) is 2.53. The molecule has 0 unspecified atom stereocenters. The van der Waals surface area contributed by atoms with Gasteiger partial charge in [-0.25, -0.2) is 9.78 Å². The molecule has 1 aromatic carbocycles. The summed E-state index contributed by atoms with van der Waals surface area (Å²) in [4.78, 5) is 16.5. The number of hydrogen-bond donors (Lipinski definition) is 0. The van der Waals surface area contributed by atoms with Crippen molar-refractivity contribution in [3.63, 3.8) is 0 Å². The van der Waals surface area contributed by atoms with Crippen LogP contribution >= 0.6 is 11.3 Å². The fourth-order valence-electron chi connectivity index (χ4n) is 2.07. The molecule has 24 heavy (non-hydrogen) atoms. The first-order valence-corrected chi connectivity index (χ1v) is 8.50. The molecule has 0 saturated carbocycles. The van der Waals surface area contributed by atoms with E-state index in [1.54, 1.807) is 13.2 Å². The number of aromatic nitrogens is 1. The molecule has 0 aliphatic rings. The maximum Gasteiger partial charge on any atom is 0.340 e. The van der Waals surface area contributed by atoms with Crippen molar-refractivity contribution in [1.29, 1.82) is 0 Å². The standard InChI is InChI=1S/C18H21NO4S/c1-5-8-23-16-10-13(6-7-15(16)21-3)9-14(18(20)22-4)17-19-12(2)11-24-17/h6-7,9-11H,5,8H2,1-4H3/b14-9-. The Hall–Kier alpha value is -2.34. The molecule has 0 atom stereocenters. The van der Waals surface area contributed by atoms with Gasteiger partial charge in [0, 0.05) is 11.1 Å². The number of aryl methyl sites for hydroxylation is 1. The van der Waals surface area contributed by atoms with E-state index in [-0.39, 0.29) is 0 Å². The van der Waals surface area contributed by atoms with Gasteiger partial charge in [-0.15, -0.1) is 11.3 Å². The Kier molecular flexibility index (Phi) is 6.37. The van der Waals surface area contributed by atoms with E-state index in [0.717, 1.165) is 17.7 Å². The van der Waals surface area contributed by atoms with E-state index in [9.17, 15) is 4.79 Å². The van der Waals surface area contributed by atoms with Crippen LogP contribution in [0.15, 0.2) is 23.6 Å². The largest absolute Gasteiger partial charge is 0.493 e. The van der Waals surface area contributed by atoms with Crippen LogP contribution in [0.3, 0.4) is 0 Å². The first-order valence-electron chi connectivity index (χ1n) is 7.62. The molecule has 0 spiro atoms. The topological polar surface area (TPSA) is 57.7 Å². The first-order chi connectivity index (χ1) is 11.6. The second kappa shape index (κ2) is 8.49. The van der Waals surface area contributed by atoms with Crippen molar-refractivity contribution in [2.75, 3.05) is 20.8 Å². The molecule has 1 aromatic heterocycles. The van der Waals surface area contributed by atoms with Crippen LogP contribution in [-0.4, -0.2) is 31.8 Å². The number of hydrogen-bond acceptors (Lipinski definition) is 6. The molecule has 0 radical (unpaired) electrons. The van der Waals surface area contributed by atoms with Crippen LogP contribution in [0.25, 0.3) is 11.6 Å². The monoisotopic (exact) mass is 347 g/mol. The zero-order chi connectivity index (χ0) is 17.5. The third kappa shape index (κ3) is 4.35. The van der Waals surface area contributed by atoms with Gasteiger partial charge in [0.15, 0.2) is 11.5 Å². The highest BCUT2D eigenvalue weighted by molar-refractivity contribution is 7.11. The molecule has 5 nitrogen and oxygen atoms in total. The predicted molar refractivity (Wildman–Crippen MR) is 95.5 cm³/mol. The Bertz CT molecular complexity index is 736. The third-order valence-electron chi connectivity index (χ3n) is 3.22. The second-order valence-corrected chi connectivity index (χ2v) is 5.96. The first kappa shape index (κ1) is 18.0. The molecule has 2 rings (SSSR count). The van der Waals surface area contributed by atoms with Gasteiger partial charge in [-0.1, -0.05) is 13.0 Å². The average Bonchev–Trinajstić information content (AvgIpc) is 3.03. The zero-order valence-corrected chi connectivity index (χ0v) is 15.1. The van der Waals surface area contributed by atoms with Crippen LogP contribution in [-0.2, 0) is 9.53 Å². The molecular weight excluding hydrogens is 326 g/mol. The Morgan fingerprint density at radius 3 is 2.67 bits per heavy atom. The van der Waals surface area contributed by atoms with Crippen LogP contribution in [0.1, 0.15) is 29.6 Å². The summed E-state index contributed by atoms with van der Waals surface area (Å²) in [5.74, 6) is 0.883. The number of ether oxygens (including phenoxy) is 3. The molecule has 2 aromatic rings.